The van der Waals surface area contributed by atoms with Gasteiger partial charge in [0.2, 0.25) is 5.91 Å². The normalized spacial score (nSPS) is 13.2. The van der Waals surface area contributed by atoms with Crippen molar-refractivity contribution in [1.82, 2.24) is 0 Å². The van der Waals surface area contributed by atoms with Gasteiger partial charge in [0, 0.05) is 24.8 Å². The smallest absolute Gasteiger partial charge is 0.224 e. The van der Waals surface area contributed by atoms with Crippen LogP contribution in [0.4, 0.5) is 5.69 Å². The largest absolute Gasteiger partial charge is 0.486 e. The number of aryl methyl sites for hydroxylation is 1. The highest BCUT2D eigenvalue weighted by Gasteiger charge is 2.15. The van der Waals surface area contributed by atoms with E-state index in [9.17, 15) is 4.79 Å². The van der Waals surface area contributed by atoms with Crippen molar-refractivity contribution < 1.29 is 19.4 Å². The van der Waals surface area contributed by atoms with E-state index in [2.05, 4.69) is 5.32 Å². The molecule has 0 spiro atoms. The van der Waals surface area contributed by atoms with Crippen LogP contribution < -0.4 is 14.8 Å². The van der Waals surface area contributed by atoms with Crippen molar-refractivity contribution in [1.29, 1.82) is 0 Å². The van der Waals surface area contributed by atoms with Gasteiger partial charge in [0.1, 0.15) is 13.2 Å². The summed E-state index contributed by atoms with van der Waals surface area (Å²) in [4.78, 5) is 11.6. The van der Waals surface area contributed by atoms with Crippen LogP contribution >= 0.6 is 0 Å². The highest BCUT2D eigenvalue weighted by molar-refractivity contribution is 5.92. The first-order valence-electron chi connectivity index (χ1n) is 6.01. The van der Waals surface area contributed by atoms with Crippen LogP contribution in [-0.4, -0.2) is 30.8 Å². The molecule has 2 N–H and O–H groups in total. The number of hydrogen-bond donors (Lipinski definition) is 2. The lowest BCUT2D eigenvalue weighted by atomic mass is 10.1. The molecule has 0 saturated carbocycles. The average molecular weight is 251 g/mol. The van der Waals surface area contributed by atoms with Gasteiger partial charge in [-0.3, -0.25) is 4.79 Å². The van der Waals surface area contributed by atoms with E-state index in [1.54, 1.807) is 6.07 Å². The number of hydrogen-bond acceptors (Lipinski definition) is 4. The van der Waals surface area contributed by atoms with Crippen LogP contribution in [0.3, 0.4) is 0 Å². The molecular weight excluding hydrogens is 234 g/mol. The van der Waals surface area contributed by atoms with Gasteiger partial charge in [-0.05, 0) is 25.0 Å². The molecule has 2 rings (SSSR count). The first-order chi connectivity index (χ1) is 8.70. The number of benzene rings is 1. The standard InChI is InChI=1S/C13H17NO4/c1-9-7-11-12(18-6-5-17-11)8-10(9)14-13(16)3-2-4-15/h7-8,15H,2-6H2,1H3,(H,14,16). The van der Waals surface area contributed by atoms with Crippen LogP contribution in [0.5, 0.6) is 11.5 Å². The summed E-state index contributed by atoms with van der Waals surface area (Å²) < 4.78 is 10.9. The Balaban J connectivity index is 2.10. The number of ether oxygens (including phenoxy) is 2. The molecule has 0 atom stereocenters. The molecule has 0 fully saturated rings. The fraction of sp³-hybridized carbons (Fsp3) is 0.462. The minimum absolute atomic E-state index is 0.0214. The van der Waals surface area contributed by atoms with E-state index in [-0.39, 0.29) is 12.5 Å². The third-order valence-corrected chi connectivity index (χ3v) is 2.73. The Morgan fingerprint density at radius 3 is 2.67 bits per heavy atom. The van der Waals surface area contributed by atoms with E-state index in [0.717, 1.165) is 11.3 Å². The Kier molecular flexibility index (Phi) is 4.04. The molecule has 1 amide bonds. The lowest BCUT2D eigenvalue weighted by Crippen LogP contribution is -2.17. The molecule has 98 valence electrons. The molecule has 0 unspecified atom stereocenters. The van der Waals surface area contributed by atoms with Gasteiger partial charge < -0.3 is 19.9 Å². The monoisotopic (exact) mass is 251 g/mol. The zero-order valence-corrected chi connectivity index (χ0v) is 10.4. The fourth-order valence-electron chi connectivity index (χ4n) is 1.78. The quantitative estimate of drug-likeness (QED) is 0.850. The topological polar surface area (TPSA) is 67.8 Å². The van der Waals surface area contributed by atoms with Gasteiger partial charge in [-0.15, -0.1) is 0 Å². The van der Waals surface area contributed by atoms with E-state index in [1.165, 1.54) is 0 Å². The second kappa shape index (κ2) is 5.73. The average Bonchev–Trinajstić information content (AvgIpc) is 2.37. The van der Waals surface area contributed by atoms with Crippen molar-refractivity contribution in [2.24, 2.45) is 0 Å². The number of aliphatic hydroxyl groups excluding tert-OH is 1. The Morgan fingerprint density at radius 2 is 2.00 bits per heavy atom. The van der Waals surface area contributed by atoms with Gasteiger partial charge in [-0.1, -0.05) is 0 Å². The molecule has 1 heterocycles. The number of fused-ring (bicyclic) bond motifs is 1. The molecular formula is C13H17NO4. The van der Waals surface area contributed by atoms with Gasteiger partial charge in [-0.2, -0.15) is 0 Å². The first kappa shape index (κ1) is 12.7. The minimum Gasteiger partial charge on any atom is -0.486 e. The van der Waals surface area contributed by atoms with E-state index in [4.69, 9.17) is 14.6 Å². The molecule has 0 aromatic heterocycles. The van der Waals surface area contributed by atoms with Crippen LogP contribution in [0.1, 0.15) is 18.4 Å². The molecule has 1 aliphatic rings. The molecule has 5 heteroatoms. The molecule has 18 heavy (non-hydrogen) atoms. The maximum atomic E-state index is 11.6. The number of anilines is 1. The molecule has 1 aliphatic heterocycles. The van der Waals surface area contributed by atoms with Crippen LogP contribution in [-0.2, 0) is 4.79 Å². The summed E-state index contributed by atoms with van der Waals surface area (Å²) in [7, 11) is 0. The van der Waals surface area contributed by atoms with Gasteiger partial charge >= 0.3 is 0 Å². The van der Waals surface area contributed by atoms with Gasteiger partial charge in [0.25, 0.3) is 0 Å². The van der Waals surface area contributed by atoms with Crippen molar-refractivity contribution >= 4 is 11.6 Å². The molecule has 5 nitrogen and oxygen atoms in total. The SMILES string of the molecule is Cc1cc2c(cc1NC(=O)CCCO)OCCO2. The van der Waals surface area contributed by atoms with Crippen molar-refractivity contribution in [3.63, 3.8) is 0 Å². The van der Waals surface area contributed by atoms with E-state index in [0.29, 0.717) is 37.6 Å². The van der Waals surface area contributed by atoms with E-state index >= 15 is 0 Å². The zero-order valence-electron chi connectivity index (χ0n) is 10.4. The number of carbonyl (C=O) groups is 1. The first-order valence-corrected chi connectivity index (χ1v) is 6.01. The number of carbonyl (C=O) groups excluding carboxylic acids is 1. The highest BCUT2D eigenvalue weighted by Crippen LogP contribution is 2.35. The second-order valence-electron chi connectivity index (χ2n) is 4.19. The molecule has 0 aliphatic carbocycles. The lowest BCUT2D eigenvalue weighted by Gasteiger charge is -2.20. The summed E-state index contributed by atoms with van der Waals surface area (Å²) in [5, 5.41) is 11.5. The van der Waals surface area contributed by atoms with Crippen LogP contribution in [0.2, 0.25) is 0 Å². The Morgan fingerprint density at radius 1 is 1.33 bits per heavy atom. The molecule has 1 aromatic rings. The zero-order chi connectivity index (χ0) is 13.0. The second-order valence-corrected chi connectivity index (χ2v) is 4.19. The van der Waals surface area contributed by atoms with E-state index < -0.39 is 0 Å². The lowest BCUT2D eigenvalue weighted by molar-refractivity contribution is -0.116. The summed E-state index contributed by atoms with van der Waals surface area (Å²) in [6, 6.07) is 3.64. The van der Waals surface area contributed by atoms with Crippen molar-refractivity contribution in [2.75, 3.05) is 25.1 Å². The summed E-state index contributed by atoms with van der Waals surface area (Å²) in [5.41, 5.74) is 1.65. The Hall–Kier alpha value is -1.75. The van der Waals surface area contributed by atoms with Crippen LogP contribution in [0.15, 0.2) is 12.1 Å². The third kappa shape index (κ3) is 2.92. The third-order valence-electron chi connectivity index (χ3n) is 2.73. The predicted octanol–water partition coefficient (Wildman–Crippen LogP) is 1.48. The summed E-state index contributed by atoms with van der Waals surface area (Å²) in [6.45, 7) is 3.00. The Bertz CT molecular complexity index is 445. The maximum Gasteiger partial charge on any atom is 0.224 e. The number of aliphatic hydroxyl groups is 1. The molecule has 1 aromatic carbocycles. The summed E-state index contributed by atoms with van der Waals surface area (Å²) in [5.74, 6) is 1.26. The fourth-order valence-corrected chi connectivity index (χ4v) is 1.78. The predicted molar refractivity (Wildman–Crippen MR) is 67.1 cm³/mol. The molecule has 0 bridgehead atoms. The van der Waals surface area contributed by atoms with Crippen molar-refractivity contribution in [3.05, 3.63) is 17.7 Å². The Labute approximate surface area is 106 Å². The number of amides is 1. The van der Waals surface area contributed by atoms with Gasteiger partial charge in [0.05, 0.1) is 0 Å². The summed E-state index contributed by atoms with van der Waals surface area (Å²) >= 11 is 0. The van der Waals surface area contributed by atoms with Crippen molar-refractivity contribution in [3.8, 4) is 11.5 Å². The van der Waals surface area contributed by atoms with Gasteiger partial charge in [-0.25, -0.2) is 0 Å². The van der Waals surface area contributed by atoms with E-state index in [1.807, 2.05) is 13.0 Å². The minimum atomic E-state index is -0.108. The number of rotatable bonds is 4. The van der Waals surface area contributed by atoms with Crippen molar-refractivity contribution in [2.45, 2.75) is 19.8 Å². The van der Waals surface area contributed by atoms with Crippen LogP contribution in [0, 0.1) is 6.92 Å². The highest BCUT2D eigenvalue weighted by atomic mass is 16.6. The molecule has 0 saturated heterocycles. The molecule has 0 radical (unpaired) electrons. The maximum absolute atomic E-state index is 11.6. The van der Waals surface area contributed by atoms with Gasteiger partial charge in [0.15, 0.2) is 11.5 Å². The summed E-state index contributed by atoms with van der Waals surface area (Å²) in [6.07, 6.45) is 0.778. The van der Waals surface area contributed by atoms with Crippen LogP contribution in [0.25, 0.3) is 0 Å². The number of nitrogens with one attached hydrogen (secondary N) is 1.